The molecule has 0 fully saturated rings. The van der Waals surface area contributed by atoms with Gasteiger partial charge in [-0.3, -0.25) is 0 Å². The molecule has 6 N–H and O–H groups in total. The number of nitrogens with one attached hydrogen (secondary N) is 6. The van der Waals surface area contributed by atoms with Crippen LogP contribution in [0.1, 0.15) is 58.1 Å². The Hall–Kier alpha value is -5.61. The molecule has 0 bridgehead atoms. The Morgan fingerprint density at radius 2 is 0.864 bits per heavy atom. The summed E-state index contributed by atoms with van der Waals surface area (Å²) >= 11 is 26.0. The van der Waals surface area contributed by atoms with E-state index in [9.17, 15) is 9.59 Å². The molecule has 2 atom stereocenters. The summed E-state index contributed by atoms with van der Waals surface area (Å²) in [7, 11) is 4.21. The van der Waals surface area contributed by atoms with Crippen LogP contribution in [0.5, 0.6) is 0 Å². The van der Waals surface area contributed by atoms with Gasteiger partial charge in [-0.25, -0.2) is 29.5 Å². The molecule has 0 unspecified atom stereocenters. The van der Waals surface area contributed by atoms with Crippen LogP contribution in [0, 0.1) is 0 Å². The number of fused-ring (bicyclic) bond motifs is 2. The van der Waals surface area contributed by atoms with Gasteiger partial charge in [0.15, 0.2) is 0 Å². The van der Waals surface area contributed by atoms with Gasteiger partial charge >= 0.3 is 12.1 Å². The van der Waals surface area contributed by atoms with Crippen molar-refractivity contribution >= 4 is 82.8 Å². The van der Waals surface area contributed by atoms with E-state index >= 15 is 0 Å². The maximum Gasteiger partial charge on any atom is 0.314 e. The first-order chi connectivity index (χ1) is 39.0. The van der Waals surface area contributed by atoms with Crippen LogP contribution in [0.25, 0.3) is 22.3 Å². The molecule has 0 saturated heterocycles. The number of anilines is 2. The number of aromatic nitrogens is 4. The highest BCUT2D eigenvalue weighted by molar-refractivity contribution is 6.35. The summed E-state index contributed by atoms with van der Waals surface area (Å²) in [6, 6.07) is 24.1. The Kier molecular flexibility index (Phi) is 25.6. The Morgan fingerprint density at radius 3 is 1.26 bits per heavy atom. The Bertz CT molecular complexity index is 2750. The van der Waals surface area contributed by atoms with Gasteiger partial charge in [-0.1, -0.05) is 94.9 Å². The molecule has 0 spiro atoms. The second kappa shape index (κ2) is 32.9. The van der Waals surface area contributed by atoms with E-state index in [2.05, 4.69) is 124 Å². The maximum atomic E-state index is 12.1. The van der Waals surface area contributed by atoms with Gasteiger partial charge in [0.1, 0.15) is 0 Å². The average Bonchev–Trinajstić information content (AvgIpc) is 3.54. The van der Waals surface area contributed by atoms with E-state index in [1.807, 2.05) is 49.1 Å². The number of carbonyl (C=O) groups excluding carboxylic acids is 2. The van der Waals surface area contributed by atoms with Crippen LogP contribution < -0.4 is 31.9 Å². The van der Waals surface area contributed by atoms with Crippen molar-refractivity contribution in [1.29, 1.82) is 0 Å². The minimum absolute atomic E-state index is 0. The summed E-state index contributed by atoms with van der Waals surface area (Å²) < 4.78 is 22.5. The third-order valence-electron chi connectivity index (χ3n) is 13.6. The third-order valence-corrected chi connectivity index (χ3v) is 14.7. The molecule has 0 aliphatic carbocycles. The fraction of sp³-hybridized carbons (Fsp3) is 0.414. The van der Waals surface area contributed by atoms with Crippen molar-refractivity contribution in [2.75, 3.05) is 130 Å². The summed E-state index contributed by atoms with van der Waals surface area (Å²) in [4.78, 5) is 46.9. The van der Waals surface area contributed by atoms with Gasteiger partial charge in [0.05, 0.1) is 52.9 Å². The van der Waals surface area contributed by atoms with Crippen LogP contribution in [0.15, 0.2) is 97.6 Å². The third kappa shape index (κ3) is 19.5. The number of rotatable bonds is 29. The first-order valence-corrected chi connectivity index (χ1v) is 28.5. The maximum absolute atomic E-state index is 12.1. The predicted octanol–water partition coefficient (Wildman–Crippen LogP) is 9.76. The fourth-order valence-corrected chi connectivity index (χ4v) is 10.8. The lowest BCUT2D eigenvalue weighted by atomic mass is 9.84. The van der Waals surface area contributed by atoms with E-state index in [-0.39, 0.29) is 36.3 Å². The van der Waals surface area contributed by atoms with Gasteiger partial charge < -0.3 is 60.6 Å². The number of unbranched alkanes of at least 4 members (excludes halogenated alkanes) is 1. The van der Waals surface area contributed by atoms with E-state index in [0.29, 0.717) is 137 Å². The number of likely N-dealkylation sites (N-methyl/N-ethyl adjacent to an activating group) is 2. The molecule has 4 aromatic carbocycles. The van der Waals surface area contributed by atoms with Crippen LogP contribution in [-0.4, -0.2) is 161 Å². The summed E-state index contributed by atoms with van der Waals surface area (Å²) in [5.74, 6) is 1.31. The molecule has 2 aliphatic rings. The molecule has 23 heteroatoms. The van der Waals surface area contributed by atoms with Crippen molar-refractivity contribution in [2.24, 2.45) is 0 Å². The molecule has 4 heterocycles. The van der Waals surface area contributed by atoms with E-state index in [4.69, 9.17) is 65.4 Å². The number of benzene rings is 4. The molecule has 81 heavy (non-hydrogen) atoms. The molecule has 2 aromatic heterocycles. The molecule has 8 rings (SSSR count). The summed E-state index contributed by atoms with van der Waals surface area (Å²) in [6.07, 6.45) is 8.69. The number of hydrogen-bond acceptors (Lipinski definition) is 14. The smallest absolute Gasteiger partial charge is 0.314 e. The van der Waals surface area contributed by atoms with Crippen LogP contribution in [-0.2, 0) is 32.0 Å². The van der Waals surface area contributed by atoms with Crippen molar-refractivity contribution in [3.8, 4) is 22.3 Å². The number of nitrogens with zero attached hydrogens (tertiary/aromatic N) is 6. The van der Waals surface area contributed by atoms with Gasteiger partial charge in [0.25, 0.3) is 0 Å². The minimum Gasteiger partial charge on any atom is -0.377 e. The first-order valence-electron chi connectivity index (χ1n) is 27.0. The average molecular weight is 1210 g/mol. The summed E-state index contributed by atoms with van der Waals surface area (Å²) in [6.45, 7) is 9.30. The van der Waals surface area contributed by atoms with Crippen molar-refractivity contribution in [2.45, 2.75) is 37.8 Å². The fourth-order valence-electron chi connectivity index (χ4n) is 9.63. The monoisotopic (exact) mass is 1210 g/mol. The lowest BCUT2D eigenvalue weighted by molar-refractivity contribution is 0.0532. The molecule has 0 saturated carbocycles. The van der Waals surface area contributed by atoms with E-state index in [1.165, 1.54) is 22.3 Å². The quantitative estimate of drug-likeness (QED) is 0.0242. The normalized spacial score (nSPS) is 15.0. The highest BCUT2D eigenvalue weighted by Crippen LogP contribution is 2.41. The topological polar surface area (TPSA) is 201 Å². The van der Waals surface area contributed by atoms with Crippen LogP contribution >= 0.6 is 58.8 Å². The Labute approximate surface area is 500 Å². The van der Waals surface area contributed by atoms with Crippen molar-refractivity contribution in [3.63, 3.8) is 0 Å². The Morgan fingerprint density at radius 1 is 0.494 bits per heavy atom. The van der Waals surface area contributed by atoms with Crippen LogP contribution in [0.2, 0.25) is 20.1 Å². The molecule has 6 aromatic rings. The zero-order valence-corrected chi connectivity index (χ0v) is 49.4. The molecule has 434 valence electrons. The minimum atomic E-state index is -0.272. The Balaban J connectivity index is 0.00000946. The predicted molar refractivity (Wildman–Crippen MR) is 324 cm³/mol. The number of ether oxygens (including phenoxy) is 4. The summed E-state index contributed by atoms with van der Waals surface area (Å²) in [5.41, 5.74) is 10.8. The highest BCUT2D eigenvalue weighted by atomic mass is 35.5. The highest BCUT2D eigenvalue weighted by Gasteiger charge is 2.29. The van der Waals surface area contributed by atoms with E-state index in [0.717, 1.165) is 59.6 Å². The molecule has 4 amide bonds. The number of halogens is 5. The second-order valence-corrected chi connectivity index (χ2v) is 21.3. The van der Waals surface area contributed by atoms with Gasteiger partial charge in [0.2, 0.25) is 11.9 Å². The molecular weight excluding hydrogens is 1140 g/mol. The van der Waals surface area contributed by atoms with Gasteiger partial charge in [-0.2, -0.15) is 0 Å². The second-order valence-electron chi connectivity index (χ2n) is 19.6. The lowest BCUT2D eigenvalue weighted by Crippen LogP contribution is -2.39. The van der Waals surface area contributed by atoms with Gasteiger partial charge in [-0.05, 0) is 95.7 Å². The molecule has 0 radical (unpaired) electrons. The van der Waals surface area contributed by atoms with Crippen molar-refractivity contribution in [3.05, 3.63) is 151 Å². The number of hydrogen-bond donors (Lipinski definition) is 6. The molecule has 2 aliphatic heterocycles. The zero-order valence-electron chi connectivity index (χ0n) is 45.6. The lowest BCUT2D eigenvalue weighted by Gasteiger charge is -2.33. The largest absolute Gasteiger partial charge is 0.377 e. The van der Waals surface area contributed by atoms with Crippen molar-refractivity contribution < 1.29 is 28.5 Å². The zero-order chi connectivity index (χ0) is 56.1. The van der Waals surface area contributed by atoms with Crippen molar-refractivity contribution in [1.82, 2.24) is 51.0 Å². The van der Waals surface area contributed by atoms with Gasteiger partial charge in [0, 0.05) is 133 Å². The molecule has 18 nitrogen and oxygen atoms in total. The SMILES string of the molecule is CN1Cc2c(Cl)cc(Cl)cc2[C@H](c2cccc(-c3cnc(NCCOCCOCCNC(=O)NCCCCNC(=O)NCCOCCOCCNc4ncc(-c5cccc([C@@H]6CN(C)Cc7c(Cl)cc(Cl)cc76)c5)cn4)nc3)c2)C1.Cl. The number of urea groups is 2. The van der Waals surface area contributed by atoms with E-state index in [1.54, 1.807) is 0 Å². The van der Waals surface area contributed by atoms with E-state index < -0.39 is 0 Å². The first kappa shape index (κ1) is 63.0. The van der Waals surface area contributed by atoms with Crippen LogP contribution in [0.3, 0.4) is 0 Å². The molecular formula is C58H71Cl5N12O6. The number of carbonyl (C=O) groups is 2. The van der Waals surface area contributed by atoms with Gasteiger partial charge in [-0.15, -0.1) is 12.4 Å². The standard InChI is InChI=1S/C58H70Cl4N12O6.ClH/c1-73-35-49(47-27-45(59)29-53(61)51(47)37-73)41-9-5-7-39(25-41)43-31-69-55(70-32-43)63-13-17-77-21-23-79-19-15-67-57(75)65-11-3-4-12-66-58(76)68-16-20-80-24-22-78-18-14-64-56-71-33-44(34-72-56)40-8-6-10-42(26-40)50-36-74(2)38-52-48(50)28-46(60)30-54(52)62;/h5-10,25-34,49-50H,3-4,11-24,35-38H2,1-2H3,(H,63,69,70)(H,64,71,72)(H2,65,67,75)(H2,66,68,76);1H/t49-,50-;/m0./s1. The summed E-state index contributed by atoms with van der Waals surface area (Å²) in [5, 5.41) is 20.3. The van der Waals surface area contributed by atoms with Crippen LogP contribution in [0.4, 0.5) is 21.5 Å². The number of amides is 4.